The molecule has 1 aromatic heterocycles. The zero-order valence-electron chi connectivity index (χ0n) is 14.0. The van der Waals surface area contributed by atoms with Crippen molar-refractivity contribution in [3.63, 3.8) is 0 Å². The highest BCUT2D eigenvalue weighted by Crippen LogP contribution is 2.42. The van der Waals surface area contributed by atoms with Gasteiger partial charge in [0.2, 0.25) is 5.91 Å². The van der Waals surface area contributed by atoms with E-state index >= 15 is 0 Å². The molecule has 0 bridgehead atoms. The average molecular weight is 369 g/mol. The molecule has 25 heavy (non-hydrogen) atoms. The first-order valence-electron chi connectivity index (χ1n) is 8.58. The van der Waals surface area contributed by atoms with Crippen LogP contribution in [-0.2, 0) is 31.0 Å². The number of hydrogen-bond acceptors (Lipinski definition) is 6. The van der Waals surface area contributed by atoms with Crippen molar-refractivity contribution in [2.24, 2.45) is 0 Å². The minimum absolute atomic E-state index is 0.0000898. The van der Waals surface area contributed by atoms with E-state index in [1.807, 2.05) is 0 Å². The molecule has 1 aromatic rings. The molecular weight excluding hydrogens is 348 g/mol. The molecule has 1 atom stereocenters. The van der Waals surface area contributed by atoms with Crippen molar-refractivity contribution in [2.75, 3.05) is 52.7 Å². The lowest BCUT2D eigenvalue weighted by Crippen LogP contribution is -2.43. The summed E-state index contributed by atoms with van der Waals surface area (Å²) in [6, 6.07) is 1.75. The number of rotatable bonds is 4. The van der Waals surface area contributed by atoms with Crippen LogP contribution >= 0.6 is 11.6 Å². The normalized spacial score (nSPS) is 26.1. The number of hydrogen-bond donors (Lipinski definition) is 0. The maximum absolute atomic E-state index is 11.8. The second-order valence-electron chi connectivity index (χ2n) is 6.45. The number of amides is 1. The Morgan fingerprint density at radius 2 is 2.24 bits per heavy atom. The third-order valence-corrected chi connectivity index (χ3v) is 5.10. The fourth-order valence-corrected chi connectivity index (χ4v) is 3.77. The van der Waals surface area contributed by atoms with Gasteiger partial charge in [0.05, 0.1) is 32.1 Å². The number of fused-ring (bicyclic) bond motifs is 2. The van der Waals surface area contributed by atoms with E-state index in [0.717, 1.165) is 29.8 Å². The first-order chi connectivity index (χ1) is 12.2. The van der Waals surface area contributed by atoms with Crippen LogP contribution in [0.15, 0.2) is 6.07 Å². The lowest BCUT2D eigenvalue weighted by molar-refractivity contribution is -0.143. The molecular formula is C17H21ClN2O5. The lowest BCUT2D eigenvalue weighted by Gasteiger charge is -2.34. The summed E-state index contributed by atoms with van der Waals surface area (Å²) in [5, 5.41) is 0.382. The summed E-state index contributed by atoms with van der Waals surface area (Å²) in [6.45, 7) is 4.02. The fraction of sp³-hybridized carbons (Fsp3) is 0.647. The number of aromatic nitrogens is 1. The molecule has 8 heteroatoms. The van der Waals surface area contributed by atoms with Gasteiger partial charge in [-0.3, -0.25) is 4.79 Å². The van der Waals surface area contributed by atoms with Crippen molar-refractivity contribution < 1.29 is 23.7 Å². The molecule has 0 radical (unpaired) electrons. The molecule has 2 fully saturated rings. The summed E-state index contributed by atoms with van der Waals surface area (Å²) in [6.07, 6.45) is 1.50. The number of carbonyl (C=O) groups is 1. The third kappa shape index (κ3) is 3.33. The Balaban J connectivity index is 1.50. The lowest BCUT2D eigenvalue weighted by atomic mass is 9.90. The van der Waals surface area contributed by atoms with Crippen LogP contribution in [-0.4, -0.2) is 68.5 Å². The van der Waals surface area contributed by atoms with Crippen molar-refractivity contribution in [2.45, 2.75) is 18.4 Å². The maximum atomic E-state index is 11.8. The molecule has 1 spiro atoms. The Labute approximate surface area is 151 Å². The first-order valence-corrected chi connectivity index (χ1v) is 8.96. The number of pyridine rings is 1. The molecule has 3 aliphatic heterocycles. The van der Waals surface area contributed by atoms with Gasteiger partial charge in [-0.1, -0.05) is 11.6 Å². The Hall–Kier alpha value is -1.41. The van der Waals surface area contributed by atoms with Crippen LogP contribution in [0, 0.1) is 0 Å². The second-order valence-corrected chi connectivity index (χ2v) is 6.83. The second kappa shape index (κ2) is 7.07. The molecule has 136 valence electrons. The summed E-state index contributed by atoms with van der Waals surface area (Å²) >= 11 is 6.23. The summed E-state index contributed by atoms with van der Waals surface area (Å²) < 4.78 is 22.7. The smallest absolute Gasteiger partial charge is 0.248 e. The standard InChI is InChI=1S/C17H21ClN2O5/c18-14-9-13(24-8-4-20-3-7-22-10-15(20)21)12-1-5-25-17(16(12)19-14)2-6-23-11-17/h9H,1-8,10-11H2. The highest BCUT2D eigenvalue weighted by molar-refractivity contribution is 6.29. The molecule has 3 aliphatic rings. The molecule has 4 rings (SSSR count). The van der Waals surface area contributed by atoms with Gasteiger partial charge in [0.15, 0.2) is 0 Å². The molecule has 0 N–H and O–H groups in total. The van der Waals surface area contributed by atoms with Gasteiger partial charge >= 0.3 is 0 Å². The van der Waals surface area contributed by atoms with E-state index in [1.165, 1.54) is 0 Å². The maximum Gasteiger partial charge on any atom is 0.248 e. The van der Waals surface area contributed by atoms with Gasteiger partial charge in [0, 0.05) is 37.6 Å². The van der Waals surface area contributed by atoms with Crippen LogP contribution in [0.4, 0.5) is 0 Å². The Morgan fingerprint density at radius 1 is 1.32 bits per heavy atom. The van der Waals surface area contributed by atoms with Gasteiger partial charge in [-0.15, -0.1) is 0 Å². The van der Waals surface area contributed by atoms with E-state index in [1.54, 1.807) is 11.0 Å². The van der Waals surface area contributed by atoms with E-state index in [4.69, 9.17) is 30.5 Å². The topological polar surface area (TPSA) is 70.1 Å². The number of carbonyl (C=O) groups excluding carboxylic acids is 1. The summed E-state index contributed by atoms with van der Waals surface area (Å²) in [5.74, 6) is 0.727. The number of nitrogens with zero attached hydrogens (tertiary/aromatic N) is 2. The van der Waals surface area contributed by atoms with E-state index in [9.17, 15) is 4.79 Å². The highest BCUT2D eigenvalue weighted by atomic mass is 35.5. The third-order valence-electron chi connectivity index (χ3n) is 4.90. The van der Waals surface area contributed by atoms with Gasteiger partial charge in [0.1, 0.15) is 29.7 Å². The minimum Gasteiger partial charge on any atom is -0.491 e. The largest absolute Gasteiger partial charge is 0.491 e. The quantitative estimate of drug-likeness (QED) is 0.743. The molecule has 0 aliphatic carbocycles. The minimum atomic E-state index is -0.503. The van der Waals surface area contributed by atoms with Crippen molar-refractivity contribution in [3.05, 3.63) is 22.5 Å². The van der Waals surface area contributed by atoms with Crippen LogP contribution in [0.3, 0.4) is 0 Å². The Bertz CT molecular complexity index is 663. The Kier molecular flexibility index (Phi) is 4.82. The molecule has 0 aromatic carbocycles. The zero-order valence-corrected chi connectivity index (χ0v) is 14.7. The van der Waals surface area contributed by atoms with E-state index < -0.39 is 5.60 Å². The van der Waals surface area contributed by atoms with E-state index in [2.05, 4.69) is 4.98 Å². The SMILES string of the molecule is O=C1COCCN1CCOc1cc(Cl)nc2c1CCOC21CCOC1. The predicted molar refractivity (Wildman–Crippen MR) is 88.9 cm³/mol. The van der Waals surface area contributed by atoms with E-state index in [-0.39, 0.29) is 12.5 Å². The Morgan fingerprint density at radius 3 is 3.04 bits per heavy atom. The average Bonchev–Trinajstić information content (AvgIpc) is 3.07. The summed E-state index contributed by atoms with van der Waals surface area (Å²) in [4.78, 5) is 18.1. The molecule has 4 heterocycles. The van der Waals surface area contributed by atoms with Crippen molar-refractivity contribution in [1.82, 2.24) is 9.88 Å². The first kappa shape index (κ1) is 17.0. The van der Waals surface area contributed by atoms with Crippen LogP contribution in [0.1, 0.15) is 17.7 Å². The molecule has 7 nitrogen and oxygen atoms in total. The van der Waals surface area contributed by atoms with Crippen molar-refractivity contribution in [1.29, 1.82) is 0 Å². The van der Waals surface area contributed by atoms with Crippen LogP contribution in [0.5, 0.6) is 5.75 Å². The number of ether oxygens (including phenoxy) is 4. The van der Waals surface area contributed by atoms with Gasteiger partial charge in [-0.25, -0.2) is 4.98 Å². The summed E-state index contributed by atoms with van der Waals surface area (Å²) in [5.41, 5.74) is 1.37. The summed E-state index contributed by atoms with van der Waals surface area (Å²) in [7, 11) is 0. The molecule has 1 unspecified atom stereocenters. The highest BCUT2D eigenvalue weighted by Gasteiger charge is 2.44. The van der Waals surface area contributed by atoms with Crippen LogP contribution in [0.2, 0.25) is 5.15 Å². The van der Waals surface area contributed by atoms with Crippen LogP contribution in [0.25, 0.3) is 0 Å². The van der Waals surface area contributed by atoms with Crippen molar-refractivity contribution in [3.8, 4) is 5.75 Å². The van der Waals surface area contributed by atoms with E-state index in [0.29, 0.717) is 51.3 Å². The molecule has 0 saturated carbocycles. The monoisotopic (exact) mass is 368 g/mol. The predicted octanol–water partition coefficient (Wildman–Crippen LogP) is 1.16. The number of morpholine rings is 1. The van der Waals surface area contributed by atoms with Gasteiger partial charge < -0.3 is 23.8 Å². The molecule has 2 saturated heterocycles. The molecule has 1 amide bonds. The zero-order chi connectivity index (χ0) is 17.3. The van der Waals surface area contributed by atoms with Gasteiger partial charge in [0.25, 0.3) is 0 Å². The van der Waals surface area contributed by atoms with Crippen molar-refractivity contribution >= 4 is 17.5 Å². The van der Waals surface area contributed by atoms with Crippen LogP contribution < -0.4 is 4.74 Å². The van der Waals surface area contributed by atoms with Gasteiger partial charge in [-0.05, 0) is 0 Å². The fourth-order valence-electron chi connectivity index (χ4n) is 3.58. The number of halogens is 1. The van der Waals surface area contributed by atoms with Gasteiger partial charge in [-0.2, -0.15) is 0 Å².